The topological polar surface area (TPSA) is 59.1 Å². The van der Waals surface area contributed by atoms with E-state index in [1.807, 2.05) is 50.2 Å². The molecular formula is C19H19ClN2O2S2. The van der Waals surface area contributed by atoms with Crippen LogP contribution < -0.4 is 4.72 Å². The Hall–Kier alpha value is -1.73. The van der Waals surface area contributed by atoms with Crippen LogP contribution in [0.3, 0.4) is 0 Å². The highest BCUT2D eigenvalue weighted by Crippen LogP contribution is 2.32. The lowest BCUT2D eigenvalue weighted by atomic mass is 10.2. The van der Waals surface area contributed by atoms with Gasteiger partial charge < -0.3 is 0 Å². The zero-order valence-corrected chi connectivity index (χ0v) is 17.1. The highest BCUT2D eigenvalue weighted by atomic mass is 35.5. The average Bonchev–Trinajstić information content (AvgIpc) is 2.96. The number of thiazole rings is 1. The summed E-state index contributed by atoms with van der Waals surface area (Å²) in [5.41, 5.74) is 3.28. The molecule has 1 N–H and O–H groups in total. The molecule has 0 spiro atoms. The Morgan fingerprint density at radius 1 is 1.12 bits per heavy atom. The Kier molecular flexibility index (Phi) is 5.48. The number of rotatable bonds is 5. The highest BCUT2D eigenvalue weighted by molar-refractivity contribution is 7.89. The second kappa shape index (κ2) is 7.48. The van der Waals surface area contributed by atoms with Crippen LogP contribution in [0.1, 0.15) is 21.7 Å². The first-order valence-electron chi connectivity index (χ1n) is 8.06. The summed E-state index contributed by atoms with van der Waals surface area (Å²) < 4.78 is 28.0. The quantitative estimate of drug-likeness (QED) is 0.657. The van der Waals surface area contributed by atoms with Crippen LogP contribution in [0, 0.1) is 20.8 Å². The van der Waals surface area contributed by atoms with Crippen LogP contribution in [-0.2, 0) is 16.6 Å². The van der Waals surface area contributed by atoms with Crippen molar-refractivity contribution < 1.29 is 8.42 Å². The molecule has 3 aromatic rings. The lowest BCUT2D eigenvalue weighted by molar-refractivity contribution is 0.581. The zero-order chi connectivity index (χ0) is 18.9. The SMILES string of the molecule is Cc1ccc(C)c(S(=O)(=O)NCc2sc(-c3ccccc3Cl)nc2C)c1. The molecule has 3 rings (SSSR count). The summed E-state index contributed by atoms with van der Waals surface area (Å²) in [5.74, 6) is 0. The first kappa shape index (κ1) is 19.0. The standard InChI is InChI=1S/C19H19ClN2O2S2/c1-12-8-9-13(2)18(10-12)26(23,24)21-11-17-14(3)22-19(25-17)15-6-4-5-7-16(15)20/h4-10,21H,11H2,1-3H3. The summed E-state index contributed by atoms with van der Waals surface area (Å²) in [6, 6.07) is 12.9. The molecular weight excluding hydrogens is 388 g/mol. The van der Waals surface area contributed by atoms with Gasteiger partial charge in [-0.25, -0.2) is 18.1 Å². The van der Waals surface area contributed by atoms with Gasteiger partial charge in [-0.2, -0.15) is 0 Å². The molecule has 4 nitrogen and oxygen atoms in total. The molecule has 0 aliphatic heterocycles. The van der Waals surface area contributed by atoms with Crippen LogP contribution in [0.25, 0.3) is 10.6 Å². The van der Waals surface area contributed by atoms with Crippen LogP contribution in [0.2, 0.25) is 5.02 Å². The van der Waals surface area contributed by atoms with Gasteiger partial charge in [0.25, 0.3) is 0 Å². The Balaban J connectivity index is 1.84. The average molecular weight is 407 g/mol. The van der Waals surface area contributed by atoms with Gasteiger partial charge in [-0.15, -0.1) is 11.3 Å². The van der Waals surface area contributed by atoms with E-state index in [-0.39, 0.29) is 6.54 Å². The van der Waals surface area contributed by atoms with Crippen molar-refractivity contribution in [1.29, 1.82) is 0 Å². The van der Waals surface area contributed by atoms with Gasteiger partial charge in [0.05, 0.1) is 15.6 Å². The van der Waals surface area contributed by atoms with E-state index in [0.717, 1.165) is 32.3 Å². The number of nitrogens with zero attached hydrogens (tertiary/aromatic N) is 1. The van der Waals surface area contributed by atoms with Crippen LogP contribution in [0.4, 0.5) is 0 Å². The van der Waals surface area contributed by atoms with Gasteiger partial charge in [-0.3, -0.25) is 0 Å². The normalized spacial score (nSPS) is 11.7. The molecule has 0 unspecified atom stereocenters. The molecule has 0 atom stereocenters. The fourth-order valence-corrected chi connectivity index (χ4v) is 5.31. The van der Waals surface area contributed by atoms with Crippen molar-refractivity contribution in [3.05, 3.63) is 69.2 Å². The molecule has 2 aromatic carbocycles. The highest BCUT2D eigenvalue weighted by Gasteiger charge is 2.19. The third kappa shape index (κ3) is 3.99. The van der Waals surface area contributed by atoms with E-state index in [0.29, 0.717) is 9.92 Å². The minimum Gasteiger partial charge on any atom is -0.241 e. The van der Waals surface area contributed by atoms with E-state index < -0.39 is 10.0 Å². The van der Waals surface area contributed by atoms with Crippen molar-refractivity contribution in [3.8, 4) is 10.6 Å². The third-order valence-corrected chi connectivity index (χ3v) is 7.12. The van der Waals surface area contributed by atoms with Crippen molar-refractivity contribution in [2.45, 2.75) is 32.2 Å². The Morgan fingerprint density at radius 3 is 2.58 bits per heavy atom. The number of aromatic nitrogens is 1. The predicted octanol–water partition coefficient (Wildman–Crippen LogP) is 4.87. The van der Waals surface area contributed by atoms with Gasteiger partial charge in [0.1, 0.15) is 5.01 Å². The van der Waals surface area contributed by atoms with E-state index >= 15 is 0 Å². The molecule has 0 saturated heterocycles. The minimum atomic E-state index is -3.59. The maximum absolute atomic E-state index is 12.7. The molecule has 0 fully saturated rings. The first-order valence-corrected chi connectivity index (χ1v) is 10.7. The Morgan fingerprint density at radius 2 is 1.85 bits per heavy atom. The maximum Gasteiger partial charge on any atom is 0.241 e. The largest absolute Gasteiger partial charge is 0.241 e. The number of hydrogen-bond donors (Lipinski definition) is 1. The lowest BCUT2D eigenvalue weighted by Gasteiger charge is -2.09. The number of benzene rings is 2. The maximum atomic E-state index is 12.7. The monoisotopic (exact) mass is 406 g/mol. The summed E-state index contributed by atoms with van der Waals surface area (Å²) in [6.07, 6.45) is 0. The van der Waals surface area contributed by atoms with Crippen LogP contribution in [-0.4, -0.2) is 13.4 Å². The molecule has 1 aromatic heterocycles. The van der Waals surface area contributed by atoms with Crippen LogP contribution in [0.15, 0.2) is 47.4 Å². The van der Waals surface area contributed by atoms with E-state index in [4.69, 9.17) is 11.6 Å². The summed E-state index contributed by atoms with van der Waals surface area (Å²) in [6.45, 7) is 5.74. The molecule has 0 radical (unpaired) electrons. The van der Waals surface area contributed by atoms with Crippen molar-refractivity contribution in [2.24, 2.45) is 0 Å². The van der Waals surface area contributed by atoms with Crippen molar-refractivity contribution in [2.75, 3.05) is 0 Å². The molecule has 0 aliphatic rings. The van der Waals surface area contributed by atoms with E-state index in [9.17, 15) is 8.42 Å². The molecule has 0 amide bonds. The molecule has 0 saturated carbocycles. The summed E-state index contributed by atoms with van der Waals surface area (Å²) in [5, 5.41) is 1.41. The predicted molar refractivity (Wildman–Crippen MR) is 107 cm³/mol. The molecule has 0 bridgehead atoms. The third-order valence-electron chi connectivity index (χ3n) is 4.05. The van der Waals surface area contributed by atoms with Crippen LogP contribution in [0.5, 0.6) is 0 Å². The zero-order valence-electron chi connectivity index (χ0n) is 14.7. The number of hydrogen-bond acceptors (Lipinski definition) is 4. The summed E-state index contributed by atoms with van der Waals surface area (Å²) >= 11 is 7.68. The Labute approximate surface area is 162 Å². The second-order valence-electron chi connectivity index (χ2n) is 6.10. The molecule has 26 heavy (non-hydrogen) atoms. The lowest BCUT2D eigenvalue weighted by Crippen LogP contribution is -2.24. The van der Waals surface area contributed by atoms with Gasteiger partial charge in [0, 0.05) is 17.0 Å². The number of nitrogens with one attached hydrogen (secondary N) is 1. The van der Waals surface area contributed by atoms with Gasteiger partial charge in [0.15, 0.2) is 0 Å². The van der Waals surface area contributed by atoms with Crippen molar-refractivity contribution in [1.82, 2.24) is 9.71 Å². The molecule has 7 heteroatoms. The van der Waals surface area contributed by atoms with E-state index in [1.54, 1.807) is 13.0 Å². The van der Waals surface area contributed by atoms with Crippen molar-refractivity contribution in [3.63, 3.8) is 0 Å². The van der Waals surface area contributed by atoms with Gasteiger partial charge in [-0.1, -0.05) is 41.9 Å². The molecule has 136 valence electrons. The number of halogens is 1. The number of sulfonamides is 1. The van der Waals surface area contributed by atoms with E-state index in [2.05, 4.69) is 9.71 Å². The Bertz CT molecular complexity index is 1060. The first-order chi connectivity index (χ1) is 12.3. The summed E-state index contributed by atoms with van der Waals surface area (Å²) in [4.78, 5) is 5.73. The fraction of sp³-hybridized carbons (Fsp3) is 0.211. The summed E-state index contributed by atoms with van der Waals surface area (Å²) in [7, 11) is -3.59. The van der Waals surface area contributed by atoms with Crippen LogP contribution >= 0.6 is 22.9 Å². The number of aryl methyl sites for hydroxylation is 3. The van der Waals surface area contributed by atoms with E-state index in [1.165, 1.54) is 11.3 Å². The second-order valence-corrected chi connectivity index (χ2v) is 9.33. The van der Waals surface area contributed by atoms with Crippen molar-refractivity contribution >= 4 is 33.0 Å². The van der Waals surface area contributed by atoms with Gasteiger partial charge in [0.2, 0.25) is 10.0 Å². The minimum absolute atomic E-state index is 0.198. The van der Waals surface area contributed by atoms with Gasteiger partial charge >= 0.3 is 0 Å². The smallest absolute Gasteiger partial charge is 0.241 e. The molecule has 0 aliphatic carbocycles. The van der Waals surface area contributed by atoms with Gasteiger partial charge in [-0.05, 0) is 44.0 Å². The molecule has 1 heterocycles. The fourth-order valence-electron chi connectivity index (χ4n) is 2.58.